The molecule has 15 aromatic rings. The summed E-state index contributed by atoms with van der Waals surface area (Å²) in [5, 5.41) is 1.46. The fourth-order valence-electron chi connectivity index (χ4n) is 17.5. The molecule has 2 aliphatic rings. The lowest BCUT2D eigenvalue weighted by Gasteiger charge is -2.35. The quantitative estimate of drug-likeness (QED) is 0.0445. The Labute approximate surface area is 671 Å². The topological polar surface area (TPSA) is 38.1 Å². The highest BCUT2D eigenvalue weighted by Crippen LogP contribution is 2.60. The summed E-state index contributed by atoms with van der Waals surface area (Å²) in [6, 6.07) is 102. The van der Waals surface area contributed by atoms with Crippen LogP contribution in [-0.4, -0.2) is 13.2 Å². The van der Waals surface area contributed by atoms with Crippen molar-refractivity contribution in [2.75, 3.05) is 23.0 Å². The number of anilines is 6. The number of hydrogen-bond acceptors (Lipinski definition) is 5. The van der Waals surface area contributed by atoms with E-state index in [1.54, 1.807) is 12.1 Å². The lowest BCUT2D eigenvalue weighted by atomic mass is 9.67. The molecule has 0 fully saturated rings. The Morgan fingerprint density at radius 3 is 1.03 bits per heavy atom. The van der Waals surface area contributed by atoms with Crippen molar-refractivity contribution in [3.63, 3.8) is 0 Å². The van der Waals surface area contributed by atoms with Crippen molar-refractivity contribution in [3.05, 3.63) is 418 Å². The smallest absolute Gasteiger partial charge is 0.160 e. The van der Waals surface area contributed by atoms with Gasteiger partial charge >= 0.3 is 0 Å². The standard InChI is InChI=1S/C106H90F4N2O3/c1-9-69-29-51-85(52-30-69)113-61-17-15-19-71-25-33-75(34-26-71)105(77-41-37-73(38-42-77)103(3,4)5)93-23-13-11-21-87(93)89-55-45-81(65-95(89)105)111(83-47-57-97(107)99(109)67-83)79-49-59-101-91(63-79)92-64-80(50-60-102(92)115-101)112(84-48-58-98(108)100(110)68-84)82-46-56-90-88-22-12-14-24-94(88)106(96(90)66-82,78-43-39-74(40-44-78)104(6,7)8)76-35-27-72(28-36-76)20-16-18-62-114-86-53-31-70(10-2)32-54-86/h9-14,21-60,63-68H,1-2,15-20,61-62H2,3-8H3. The van der Waals surface area contributed by atoms with Gasteiger partial charge in [-0.1, -0.05) is 249 Å². The van der Waals surface area contributed by atoms with E-state index in [4.69, 9.17) is 13.9 Å². The third kappa shape index (κ3) is 14.0. The van der Waals surface area contributed by atoms with E-state index in [1.165, 1.54) is 46.5 Å². The van der Waals surface area contributed by atoms with E-state index in [-0.39, 0.29) is 10.8 Å². The summed E-state index contributed by atoms with van der Waals surface area (Å²) in [5.74, 6) is -2.24. The molecular formula is C106H90F4N2O3. The predicted molar refractivity (Wildman–Crippen MR) is 465 cm³/mol. The first kappa shape index (κ1) is 75.0. The van der Waals surface area contributed by atoms with Crippen LogP contribution in [0, 0.1) is 23.3 Å². The molecule has 2 aliphatic carbocycles. The van der Waals surface area contributed by atoms with Crippen LogP contribution in [0.15, 0.2) is 321 Å². The molecule has 0 saturated carbocycles. The number of fused-ring (bicyclic) bond motifs is 9. The van der Waals surface area contributed by atoms with Gasteiger partial charge in [-0.2, -0.15) is 0 Å². The van der Waals surface area contributed by atoms with E-state index in [0.29, 0.717) is 58.5 Å². The van der Waals surface area contributed by atoms with Crippen molar-refractivity contribution in [2.45, 2.75) is 102 Å². The van der Waals surface area contributed by atoms with Crippen molar-refractivity contribution >= 4 is 68.2 Å². The highest BCUT2D eigenvalue weighted by molar-refractivity contribution is 6.08. The van der Waals surface area contributed by atoms with Crippen molar-refractivity contribution in [1.82, 2.24) is 0 Å². The molecule has 9 heteroatoms. The van der Waals surface area contributed by atoms with Gasteiger partial charge < -0.3 is 23.7 Å². The van der Waals surface area contributed by atoms with Gasteiger partial charge in [0.1, 0.15) is 22.7 Å². The van der Waals surface area contributed by atoms with E-state index in [0.717, 1.165) is 139 Å². The molecule has 1 heterocycles. The lowest BCUT2D eigenvalue weighted by molar-refractivity contribution is 0.307. The number of nitrogens with zero attached hydrogens (tertiary/aromatic N) is 2. The van der Waals surface area contributed by atoms with Crippen LogP contribution >= 0.6 is 0 Å². The van der Waals surface area contributed by atoms with E-state index >= 15 is 17.6 Å². The van der Waals surface area contributed by atoms with E-state index in [1.807, 2.05) is 107 Å². The van der Waals surface area contributed by atoms with Gasteiger partial charge in [-0.3, -0.25) is 0 Å². The number of benzene rings is 14. The van der Waals surface area contributed by atoms with Gasteiger partial charge in [0.15, 0.2) is 23.3 Å². The number of aryl methyl sites for hydroxylation is 2. The minimum absolute atomic E-state index is 0.111. The van der Waals surface area contributed by atoms with E-state index in [9.17, 15) is 0 Å². The molecule has 0 aliphatic heterocycles. The monoisotopic (exact) mass is 1510 g/mol. The van der Waals surface area contributed by atoms with Crippen LogP contribution in [0.25, 0.3) is 56.3 Å². The third-order valence-electron chi connectivity index (χ3n) is 23.5. The second kappa shape index (κ2) is 30.7. The first-order valence-corrected chi connectivity index (χ1v) is 39.9. The lowest BCUT2D eigenvalue weighted by Crippen LogP contribution is -2.29. The zero-order valence-corrected chi connectivity index (χ0v) is 65.7. The molecule has 0 radical (unpaired) electrons. The molecule has 17 rings (SSSR count). The van der Waals surface area contributed by atoms with Gasteiger partial charge in [0.2, 0.25) is 0 Å². The van der Waals surface area contributed by atoms with Gasteiger partial charge in [-0.25, -0.2) is 17.6 Å². The van der Waals surface area contributed by atoms with Gasteiger partial charge in [0.25, 0.3) is 0 Å². The SMILES string of the molecule is C=Cc1ccc(OCCCCc2ccc(C3(c4ccc(C(C)(C)C)cc4)c4ccccc4-c4ccc(N(c5ccc(F)c(F)c5)c5ccc6oc7ccc(N(c8ccc(F)c(F)c8)c8ccc9c(c8)C(c8ccc(CCCCOc%10ccc(C=C)cc%10)cc8)(c8ccc(C(C)(C)C)cc8)c8ccccc8-9)cc7c6c5)cc43)cc2)cc1. The molecule has 2 unspecified atom stereocenters. The predicted octanol–water partition coefficient (Wildman–Crippen LogP) is 28.5. The first-order valence-electron chi connectivity index (χ1n) is 39.9. The minimum atomic E-state index is -0.993. The molecule has 0 saturated heterocycles. The summed E-state index contributed by atoms with van der Waals surface area (Å²) in [5.41, 5.74) is 22.7. The molecule has 0 bridgehead atoms. The molecule has 0 spiro atoms. The van der Waals surface area contributed by atoms with Crippen LogP contribution < -0.4 is 19.3 Å². The molecule has 14 aromatic carbocycles. The molecule has 0 amide bonds. The third-order valence-corrected chi connectivity index (χ3v) is 23.5. The summed E-state index contributed by atoms with van der Waals surface area (Å²) < 4.78 is 82.4. The molecule has 570 valence electrons. The van der Waals surface area contributed by atoms with Crippen molar-refractivity contribution in [2.24, 2.45) is 0 Å². The van der Waals surface area contributed by atoms with Crippen molar-refractivity contribution in [1.29, 1.82) is 0 Å². The van der Waals surface area contributed by atoms with Gasteiger partial charge in [0, 0.05) is 57.0 Å². The van der Waals surface area contributed by atoms with Crippen LogP contribution in [0.4, 0.5) is 51.7 Å². The summed E-state index contributed by atoms with van der Waals surface area (Å²) in [6.45, 7) is 22.4. The van der Waals surface area contributed by atoms with Crippen LogP contribution in [0.2, 0.25) is 0 Å². The fraction of sp³-hybridized carbons (Fsp3) is 0.170. The Morgan fingerprint density at radius 2 is 0.661 bits per heavy atom. The fourth-order valence-corrected chi connectivity index (χ4v) is 17.5. The highest BCUT2D eigenvalue weighted by Gasteiger charge is 2.49. The molecule has 2 atom stereocenters. The normalized spacial score (nSPS) is 14.8. The van der Waals surface area contributed by atoms with E-state index in [2.05, 4.69) is 237 Å². The summed E-state index contributed by atoms with van der Waals surface area (Å²) in [4.78, 5) is 3.97. The first-order chi connectivity index (χ1) is 55.8. The number of furan rings is 1. The Hall–Kier alpha value is -12.7. The van der Waals surface area contributed by atoms with Crippen LogP contribution in [0.5, 0.6) is 11.5 Å². The van der Waals surface area contributed by atoms with Crippen LogP contribution in [0.3, 0.4) is 0 Å². The van der Waals surface area contributed by atoms with Crippen molar-refractivity contribution in [3.8, 4) is 33.8 Å². The molecule has 1 aromatic heterocycles. The molecule has 5 nitrogen and oxygen atoms in total. The van der Waals surface area contributed by atoms with Gasteiger partial charge in [-0.15, -0.1) is 0 Å². The van der Waals surface area contributed by atoms with E-state index < -0.39 is 34.1 Å². The average molecular weight is 1520 g/mol. The zero-order chi connectivity index (χ0) is 79.3. The summed E-state index contributed by atoms with van der Waals surface area (Å²) in [6.07, 6.45) is 9.07. The summed E-state index contributed by atoms with van der Waals surface area (Å²) >= 11 is 0. The highest BCUT2D eigenvalue weighted by atomic mass is 19.2. The van der Waals surface area contributed by atoms with Crippen molar-refractivity contribution < 1.29 is 31.5 Å². The summed E-state index contributed by atoms with van der Waals surface area (Å²) in [7, 11) is 0. The van der Waals surface area contributed by atoms with Crippen LogP contribution in [-0.2, 0) is 34.5 Å². The largest absolute Gasteiger partial charge is 0.494 e. The number of unbranched alkanes of at least 4 members (excludes halogenated alkanes) is 2. The molecular weight excluding hydrogens is 1430 g/mol. The molecule has 115 heavy (non-hydrogen) atoms. The van der Waals surface area contributed by atoms with Crippen LogP contribution in [0.1, 0.15) is 145 Å². The maximum absolute atomic E-state index is 16.2. The maximum atomic E-state index is 16.2. The number of rotatable bonds is 24. The van der Waals surface area contributed by atoms with Gasteiger partial charge in [0.05, 0.1) is 24.0 Å². The average Bonchev–Trinajstić information content (AvgIpc) is 1.55. The Morgan fingerprint density at radius 1 is 0.330 bits per heavy atom. The minimum Gasteiger partial charge on any atom is -0.494 e. The number of halogens is 4. The second-order valence-electron chi connectivity index (χ2n) is 32.6. The zero-order valence-electron chi connectivity index (χ0n) is 65.7. The maximum Gasteiger partial charge on any atom is 0.160 e. The van der Waals surface area contributed by atoms with Gasteiger partial charge in [-0.05, 0) is 259 Å². The second-order valence-corrected chi connectivity index (χ2v) is 32.6. The Kier molecular flexibility index (Phi) is 20.0. The molecule has 0 N–H and O–H groups in total. The Balaban J connectivity index is 0.769. The number of ether oxygens (including phenoxy) is 2. The number of hydrogen-bond donors (Lipinski definition) is 0. The Bertz CT molecular complexity index is 5780.